The third-order valence-electron chi connectivity index (χ3n) is 5.41. The minimum Gasteiger partial charge on any atom is -0.497 e. The zero-order valence-electron chi connectivity index (χ0n) is 19.4. The molecule has 0 spiro atoms. The SMILES string of the molecule is COc1cc(/C=C/C(=O)NC2CCN(S(=O)(=O)c3ccc(NC(C)=O)cc3)CC2)cc(OC)c1. The van der Waals surface area contributed by atoms with E-state index in [1.807, 2.05) is 0 Å². The lowest BCUT2D eigenvalue weighted by Gasteiger charge is -2.31. The molecule has 0 radical (unpaired) electrons. The van der Waals surface area contributed by atoms with E-state index in [1.165, 1.54) is 29.4 Å². The van der Waals surface area contributed by atoms with E-state index in [0.717, 1.165) is 5.56 Å². The summed E-state index contributed by atoms with van der Waals surface area (Å²) >= 11 is 0. The van der Waals surface area contributed by atoms with Crippen molar-refractivity contribution >= 4 is 33.6 Å². The van der Waals surface area contributed by atoms with Gasteiger partial charge >= 0.3 is 0 Å². The number of benzene rings is 2. The Morgan fingerprint density at radius 2 is 1.59 bits per heavy atom. The van der Waals surface area contributed by atoms with Crippen LogP contribution in [0.2, 0.25) is 0 Å². The van der Waals surface area contributed by atoms with Crippen molar-refractivity contribution in [3.63, 3.8) is 0 Å². The lowest BCUT2D eigenvalue weighted by molar-refractivity contribution is -0.117. The summed E-state index contributed by atoms with van der Waals surface area (Å²) in [6, 6.07) is 11.3. The minimum atomic E-state index is -3.65. The summed E-state index contributed by atoms with van der Waals surface area (Å²) in [5, 5.41) is 5.55. The van der Waals surface area contributed by atoms with Gasteiger partial charge in [-0.2, -0.15) is 4.31 Å². The molecule has 1 fully saturated rings. The van der Waals surface area contributed by atoms with Crippen molar-refractivity contribution < 1.29 is 27.5 Å². The fourth-order valence-electron chi connectivity index (χ4n) is 3.65. The molecule has 1 heterocycles. The Kier molecular flexibility index (Phi) is 8.30. The van der Waals surface area contributed by atoms with E-state index in [-0.39, 0.29) is 22.8 Å². The second-order valence-corrected chi connectivity index (χ2v) is 9.81. The molecule has 1 saturated heterocycles. The first-order valence-corrected chi connectivity index (χ1v) is 12.2. The molecule has 0 aliphatic carbocycles. The van der Waals surface area contributed by atoms with Crippen LogP contribution in [0.3, 0.4) is 0 Å². The molecule has 182 valence electrons. The van der Waals surface area contributed by atoms with E-state index in [2.05, 4.69) is 10.6 Å². The van der Waals surface area contributed by atoms with Crippen molar-refractivity contribution in [3.05, 3.63) is 54.1 Å². The minimum absolute atomic E-state index is 0.120. The van der Waals surface area contributed by atoms with Crippen LogP contribution in [0.4, 0.5) is 5.69 Å². The summed E-state index contributed by atoms with van der Waals surface area (Å²) in [4.78, 5) is 23.7. The van der Waals surface area contributed by atoms with Crippen LogP contribution in [0, 0.1) is 0 Å². The lowest BCUT2D eigenvalue weighted by Crippen LogP contribution is -2.46. The molecule has 0 saturated carbocycles. The number of piperidine rings is 1. The number of carbonyl (C=O) groups is 2. The normalized spacial score (nSPS) is 15.1. The van der Waals surface area contributed by atoms with E-state index in [1.54, 1.807) is 50.6 Å². The van der Waals surface area contributed by atoms with Crippen LogP contribution in [0.15, 0.2) is 53.4 Å². The maximum absolute atomic E-state index is 12.9. The molecule has 1 aliphatic rings. The number of methoxy groups -OCH3 is 2. The second kappa shape index (κ2) is 11.2. The van der Waals surface area contributed by atoms with Crippen molar-refractivity contribution in [2.45, 2.75) is 30.7 Å². The van der Waals surface area contributed by atoms with Gasteiger partial charge in [0.2, 0.25) is 21.8 Å². The molecule has 0 atom stereocenters. The van der Waals surface area contributed by atoms with Gasteiger partial charge in [0.15, 0.2) is 0 Å². The van der Waals surface area contributed by atoms with Crippen molar-refractivity contribution in [2.75, 3.05) is 32.6 Å². The monoisotopic (exact) mass is 487 g/mol. The zero-order valence-corrected chi connectivity index (χ0v) is 20.2. The molecular weight excluding hydrogens is 458 g/mol. The number of hydrogen-bond acceptors (Lipinski definition) is 6. The third-order valence-corrected chi connectivity index (χ3v) is 7.33. The van der Waals surface area contributed by atoms with Crippen LogP contribution in [-0.4, -0.2) is 57.9 Å². The van der Waals surface area contributed by atoms with Crippen LogP contribution in [0.25, 0.3) is 6.08 Å². The number of nitrogens with zero attached hydrogens (tertiary/aromatic N) is 1. The molecule has 10 heteroatoms. The quantitative estimate of drug-likeness (QED) is 0.554. The number of hydrogen-bond donors (Lipinski definition) is 2. The third kappa shape index (κ3) is 6.58. The Morgan fingerprint density at radius 3 is 2.12 bits per heavy atom. The first-order chi connectivity index (χ1) is 16.2. The summed E-state index contributed by atoms with van der Waals surface area (Å²) in [5.41, 5.74) is 1.30. The number of rotatable bonds is 8. The maximum Gasteiger partial charge on any atom is 0.244 e. The summed E-state index contributed by atoms with van der Waals surface area (Å²) in [5.74, 6) is 0.768. The van der Waals surface area contributed by atoms with Gasteiger partial charge in [-0.3, -0.25) is 9.59 Å². The van der Waals surface area contributed by atoms with Gasteiger partial charge < -0.3 is 20.1 Å². The van der Waals surface area contributed by atoms with Crippen LogP contribution in [0.5, 0.6) is 11.5 Å². The van der Waals surface area contributed by atoms with Gasteiger partial charge in [-0.15, -0.1) is 0 Å². The Balaban J connectivity index is 1.55. The summed E-state index contributed by atoms with van der Waals surface area (Å²) in [6.45, 7) is 1.99. The molecule has 34 heavy (non-hydrogen) atoms. The number of ether oxygens (including phenoxy) is 2. The van der Waals surface area contributed by atoms with Crippen molar-refractivity contribution in [2.24, 2.45) is 0 Å². The zero-order chi connectivity index (χ0) is 24.7. The highest BCUT2D eigenvalue weighted by molar-refractivity contribution is 7.89. The average Bonchev–Trinajstić information content (AvgIpc) is 2.82. The predicted molar refractivity (Wildman–Crippen MR) is 129 cm³/mol. The summed E-state index contributed by atoms with van der Waals surface area (Å²) in [6.07, 6.45) is 4.13. The summed E-state index contributed by atoms with van der Waals surface area (Å²) in [7, 11) is -0.533. The first kappa shape index (κ1) is 25.3. The highest BCUT2D eigenvalue weighted by Gasteiger charge is 2.29. The fourth-order valence-corrected chi connectivity index (χ4v) is 5.12. The number of sulfonamides is 1. The maximum atomic E-state index is 12.9. The number of nitrogens with one attached hydrogen (secondary N) is 2. The number of anilines is 1. The van der Waals surface area contributed by atoms with Crippen LogP contribution in [-0.2, 0) is 19.6 Å². The topological polar surface area (TPSA) is 114 Å². The highest BCUT2D eigenvalue weighted by Crippen LogP contribution is 2.24. The number of carbonyl (C=O) groups excluding carboxylic acids is 2. The largest absolute Gasteiger partial charge is 0.497 e. The average molecular weight is 488 g/mol. The van der Waals surface area contributed by atoms with Crippen LogP contribution < -0.4 is 20.1 Å². The predicted octanol–water partition coefficient (Wildman–Crippen LogP) is 2.64. The van der Waals surface area contributed by atoms with Gasteiger partial charge in [0.1, 0.15) is 11.5 Å². The molecule has 0 bridgehead atoms. The number of amides is 2. The Labute approximate surface area is 199 Å². The first-order valence-electron chi connectivity index (χ1n) is 10.8. The summed E-state index contributed by atoms with van der Waals surface area (Å²) < 4.78 is 37.7. The van der Waals surface area contributed by atoms with Gasteiger partial charge in [0, 0.05) is 43.9 Å². The standard InChI is InChI=1S/C24H29N3O6S/c1-17(28)25-19-5-7-23(8-6-19)34(30,31)27-12-10-20(11-13-27)26-24(29)9-4-18-14-21(32-2)16-22(15-18)33-3/h4-9,14-16,20H,10-13H2,1-3H3,(H,25,28)(H,26,29)/b9-4+. The van der Waals surface area contributed by atoms with Crippen molar-refractivity contribution in [3.8, 4) is 11.5 Å². The molecule has 0 unspecified atom stereocenters. The second-order valence-electron chi connectivity index (χ2n) is 7.87. The van der Waals surface area contributed by atoms with E-state index >= 15 is 0 Å². The molecule has 2 aromatic carbocycles. The molecule has 0 aromatic heterocycles. The molecule has 9 nitrogen and oxygen atoms in total. The van der Waals surface area contributed by atoms with Crippen LogP contribution >= 0.6 is 0 Å². The molecular formula is C24H29N3O6S. The molecule has 1 aliphatic heterocycles. The molecule has 3 rings (SSSR count). The van der Waals surface area contributed by atoms with Gasteiger partial charge in [-0.25, -0.2) is 8.42 Å². The van der Waals surface area contributed by atoms with Crippen LogP contribution in [0.1, 0.15) is 25.3 Å². The van der Waals surface area contributed by atoms with E-state index < -0.39 is 10.0 Å². The molecule has 2 N–H and O–H groups in total. The Hall–Kier alpha value is -3.37. The Bertz CT molecular complexity index is 1130. The van der Waals surface area contributed by atoms with Gasteiger partial charge in [0.25, 0.3) is 0 Å². The van der Waals surface area contributed by atoms with Gasteiger partial charge in [-0.05, 0) is 60.9 Å². The lowest BCUT2D eigenvalue weighted by atomic mass is 10.1. The molecule has 2 amide bonds. The Morgan fingerprint density at radius 1 is 1.00 bits per heavy atom. The van der Waals surface area contributed by atoms with Gasteiger partial charge in [-0.1, -0.05) is 0 Å². The van der Waals surface area contributed by atoms with Crippen molar-refractivity contribution in [1.29, 1.82) is 0 Å². The van der Waals surface area contributed by atoms with E-state index in [9.17, 15) is 18.0 Å². The molecule has 2 aromatic rings. The van der Waals surface area contributed by atoms with Crippen molar-refractivity contribution in [1.82, 2.24) is 9.62 Å². The fraction of sp³-hybridized carbons (Fsp3) is 0.333. The highest BCUT2D eigenvalue weighted by atomic mass is 32.2. The van der Waals surface area contributed by atoms with E-state index in [4.69, 9.17) is 9.47 Å². The smallest absolute Gasteiger partial charge is 0.244 e. The van der Waals surface area contributed by atoms with Gasteiger partial charge in [0.05, 0.1) is 19.1 Å². The van der Waals surface area contributed by atoms with E-state index in [0.29, 0.717) is 43.1 Å².